The van der Waals surface area contributed by atoms with Crippen LogP contribution in [0.4, 0.5) is 17.2 Å². The van der Waals surface area contributed by atoms with Gasteiger partial charge in [-0.05, 0) is 31.5 Å². The number of aryl methyl sites for hydroxylation is 1. The molecule has 0 saturated heterocycles. The fraction of sp³-hybridized carbons (Fsp3) is 0.188. The number of nitrogens with one attached hydrogen (secondary N) is 1. The highest BCUT2D eigenvalue weighted by Gasteiger charge is 2.13. The van der Waals surface area contributed by atoms with Crippen molar-refractivity contribution in [2.45, 2.75) is 20.0 Å². The van der Waals surface area contributed by atoms with Gasteiger partial charge in [-0.3, -0.25) is 10.1 Å². The van der Waals surface area contributed by atoms with Crippen LogP contribution in [0, 0.1) is 17.0 Å². The summed E-state index contributed by atoms with van der Waals surface area (Å²) < 4.78 is 1.25. The molecule has 0 fully saturated rings. The summed E-state index contributed by atoms with van der Waals surface area (Å²) >= 11 is 0. The highest BCUT2D eigenvalue weighted by atomic mass is 16.6. The minimum Gasteiger partial charge on any atom is -0.389 e. The molecule has 9 heteroatoms. The zero-order valence-electron chi connectivity index (χ0n) is 13.6. The number of benzene rings is 1. The molecular formula is C16H16N6O3. The van der Waals surface area contributed by atoms with Crippen molar-refractivity contribution in [2.24, 2.45) is 0 Å². The molecule has 0 aliphatic rings. The van der Waals surface area contributed by atoms with E-state index in [9.17, 15) is 15.2 Å². The normalized spacial score (nSPS) is 12.0. The van der Waals surface area contributed by atoms with Gasteiger partial charge in [0.1, 0.15) is 18.2 Å². The van der Waals surface area contributed by atoms with Crippen molar-refractivity contribution in [1.29, 1.82) is 0 Å². The first-order valence-electron chi connectivity index (χ1n) is 7.52. The van der Waals surface area contributed by atoms with Gasteiger partial charge in [-0.1, -0.05) is 12.1 Å². The molecule has 0 unspecified atom stereocenters. The number of hydrogen-bond acceptors (Lipinski definition) is 7. The van der Waals surface area contributed by atoms with E-state index >= 15 is 0 Å². The predicted octanol–water partition coefficient (Wildman–Crippen LogP) is 2.68. The lowest BCUT2D eigenvalue weighted by molar-refractivity contribution is -0.384. The van der Waals surface area contributed by atoms with E-state index in [-0.39, 0.29) is 11.6 Å². The number of hydrogen-bond donors (Lipinski definition) is 2. The van der Waals surface area contributed by atoms with Crippen molar-refractivity contribution in [3.63, 3.8) is 0 Å². The summed E-state index contributed by atoms with van der Waals surface area (Å²) in [6, 6.07) is 9.07. The number of aliphatic hydroxyl groups excluding tert-OH is 1. The van der Waals surface area contributed by atoms with E-state index in [1.807, 2.05) is 24.3 Å². The highest BCUT2D eigenvalue weighted by Crippen LogP contribution is 2.21. The predicted molar refractivity (Wildman–Crippen MR) is 90.9 cm³/mol. The highest BCUT2D eigenvalue weighted by molar-refractivity contribution is 5.58. The van der Waals surface area contributed by atoms with Gasteiger partial charge in [0, 0.05) is 17.4 Å². The van der Waals surface area contributed by atoms with Crippen LogP contribution in [0.15, 0.2) is 42.7 Å². The van der Waals surface area contributed by atoms with Gasteiger partial charge in [-0.15, -0.1) is 0 Å². The van der Waals surface area contributed by atoms with Crippen LogP contribution in [0.1, 0.15) is 24.3 Å². The Kier molecular flexibility index (Phi) is 4.40. The summed E-state index contributed by atoms with van der Waals surface area (Å²) in [6.45, 7) is 3.48. The average molecular weight is 340 g/mol. The molecule has 128 valence electrons. The Hall–Kier alpha value is -3.33. The summed E-state index contributed by atoms with van der Waals surface area (Å²) in [5, 5.41) is 27.5. The van der Waals surface area contributed by atoms with E-state index in [0.29, 0.717) is 11.5 Å². The fourth-order valence-corrected chi connectivity index (χ4v) is 2.26. The van der Waals surface area contributed by atoms with Gasteiger partial charge < -0.3 is 10.4 Å². The van der Waals surface area contributed by atoms with Crippen molar-refractivity contribution in [3.05, 3.63) is 64.1 Å². The van der Waals surface area contributed by atoms with E-state index in [1.54, 1.807) is 19.9 Å². The molecule has 3 aromatic rings. The second-order valence-corrected chi connectivity index (χ2v) is 5.52. The third kappa shape index (κ3) is 3.78. The van der Waals surface area contributed by atoms with Crippen molar-refractivity contribution < 1.29 is 10.0 Å². The van der Waals surface area contributed by atoms with E-state index < -0.39 is 11.0 Å². The van der Waals surface area contributed by atoms with Crippen LogP contribution in [-0.2, 0) is 0 Å². The van der Waals surface area contributed by atoms with Crippen LogP contribution in [-0.4, -0.2) is 29.8 Å². The number of rotatable bonds is 5. The summed E-state index contributed by atoms with van der Waals surface area (Å²) in [7, 11) is 0. The molecule has 1 aromatic carbocycles. The molecule has 1 atom stereocenters. The fourth-order valence-electron chi connectivity index (χ4n) is 2.26. The number of nitro groups is 1. The first kappa shape index (κ1) is 16.5. The standard InChI is InChI=1S/C16H16N6O3/c1-10-6-15(19-13-5-3-4-12(7-13)11(2)23)20-16(18-10)21-9-14(8-17-21)22(24)25/h3-9,11,23H,1-2H3,(H,18,19,20)/t11-/m1/s1. The maximum absolute atomic E-state index is 10.8. The summed E-state index contributed by atoms with van der Waals surface area (Å²) in [5.74, 6) is 0.741. The Bertz CT molecular complexity index is 922. The van der Waals surface area contributed by atoms with Crippen LogP contribution in [0.5, 0.6) is 0 Å². The molecule has 0 amide bonds. The van der Waals surface area contributed by atoms with E-state index in [1.165, 1.54) is 10.9 Å². The molecular weight excluding hydrogens is 324 g/mol. The largest absolute Gasteiger partial charge is 0.389 e. The average Bonchev–Trinajstić information content (AvgIpc) is 3.05. The van der Waals surface area contributed by atoms with Crippen LogP contribution in [0.3, 0.4) is 0 Å². The van der Waals surface area contributed by atoms with E-state index in [0.717, 1.165) is 17.4 Å². The van der Waals surface area contributed by atoms with Crippen LogP contribution in [0.25, 0.3) is 5.95 Å². The summed E-state index contributed by atoms with van der Waals surface area (Å²) in [5.41, 5.74) is 2.08. The Labute approximate surface area is 143 Å². The molecule has 25 heavy (non-hydrogen) atoms. The number of aromatic nitrogens is 4. The quantitative estimate of drug-likeness (QED) is 0.541. The third-order valence-corrected chi connectivity index (χ3v) is 3.47. The molecule has 0 spiro atoms. The molecule has 0 saturated carbocycles. The van der Waals surface area contributed by atoms with E-state index in [4.69, 9.17) is 0 Å². The van der Waals surface area contributed by atoms with Crippen molar-refractivity contribution in [2.75, 3.05) is 5.32 Å². The van der Waals surface area contributed by atoms with Gasteiger partial charge in [0.25, 0.3) is 5.95 Å². The van der Waals surface area contributed by atoms with Gasteiger partial charge in [0.15, 0.2) is 0 Å². The van der Waals surface area contributed by atoms with Gasteiger partial charge in [-0.25, -0.2) is 4.98 Å². The van der Waals surface area contributed by atoms with Gasteiger partial charge in [-0.2, -0.15) is 14.8 Å². The number of nitrogens with zero attached hydrogens (tertiary/aromatic N) is 5. The molecule has 2 heterocycles. The monoisotopic (exact) mass is 340 g/mol. The van der Waals surface area contributed by atoms with Crippen molar-refractivity contribution in [3.8, 4) is 5.95 Å². The summed E-state index contributed by atoms with van der Waals surface area (Å²) in [6.07, 6.45) is 1.83. The second kappa shape index (κ2) is 6.65. The van der Waals surface area contributed by atoms with Gasteiger partial charge >= 0.3 is 5.69 Å². The van der Waals surface area contributed by atoms with Crippen molar-refractivity contribution >= 4 is 17.2 Å². The topological polar surface area (TPSA) is 119 Å². The SMILES string of the molecule is Cc1cc(Nc2cccc([C@@H](C)O)c2)nc(-n2cc([N+](=O)[O-])cn2)n1. The number of anilines is 2. The molecule has 2 N–H and O–H groups in total. The van der Waals surface area contributed by atoms with Gasteiger partial charge in [0.05, 0.1) is 11.0 Å². The molecule has 0 aliphatic heterocycles. The van der Waals surface area contributed by atoms with Crippen molar-refractivity contribution in [1.82, 2.24) is 19.7 Å². The molecule has 0 aliphatic carbocycles. The zero-order chi connectivity index (χ0) is 18.0. The molecule has 0 bridgehead atoms. The molecule has 0 radical (unpaired) electrons. The Morgan fingerprint density at radius 2 is 2.12 bits per heavy atom. The first-order valence-corrected chi connectivity index (χ1v) is 7.52. The summed E-state index contributed by atoms with van der Waals surface area (Å²) in [4.78, 5) is 18.8. The number of aliphatic hydroxyl groups is 1. The third-order valence-electron chi connectivity index (χ3n) is 3.47. The second-order valence-electron chi connectivity index (χ2n) is 5.52. The molecule has 3 rings (SSSR count). The maximum atomic E-state index is 10.8. The Morgan fingerprint density at radius 3 is 2.80 bits per heavy atom. The molecule has 9 nitrogen and oxygen atoms in total. The minimum atomic E-state index is -0.575. The van der Waals surface area contributed by atoms with Crippen LogP contribution < -0.4 is 5.32 Å². The lowest BCUT2D eigenvalue weighted by atomic mass is 10.1. The van der Waals surface area contributed by atoms with Crippen LogP contribution >= 0.6 is 0 Å². The van der Waals surface area contributed by atoms with Crippen LogP contribution in [0.2, 0.25) is 0 Å². The first-order chi connectivity index (χ1) is 11.9. The minimum absolute atomic E-state index is 0.135. The Morgan fingerprint density at radius 1 is 1.32 bits per heavy atom. The lowest BCUT2D eigenvalue weighted by Crippen LogP contribution is -2.06. The zero-order valence-corrected chi connectivity index (χ0v) is 13.6. The smallest absolute Gasteiger partial charge is 0.307 e. The maximum Gasteiger partial charge on any atom is 0.307 e. The Balaban J connectivity index is 1.91. The van der Waals surface area contributed by atoms with Gasteiger partial charge in [0.2, 0.25) is 0 Å². The van der Waals surface area contributed by atoms with E-state index in [2.05, 4.69) is 20.4 Å². The molecule has 2 aromatic heterocycles. The lowest BCUT2D eigenvalue weighted by Gasteiger charge is -2.11.